The number of nitrogens with zero attached hydrogens (tertiary/aromatic N) is 3. The van der Waals surface area contributed by atoms with Gasteiger partial charge in [-0.25, -0.2) is 9.78 Å². The molecule has 206 valence electrons. The van der Waals surface area contributed by atoms with Crippen LogP contribution in [0.1, 0.15) is 39.3 Å². The van der Waals surface area contributed by atoms with Gasteiger partial charge in [-0.2, -0.15) is 5.10 Å². The number of H-pyrrole nitrogens is 1. The number of benzene rings is 2. The second-order valence-electron chi connectivity index (χ2n) is 11.2. The highest BCUT2D eigenvalue weighted by Gasteiger charge is 2.22. The molecule has 0 amide bonds. The molecule has 0 saturated carbocycles. The summed E-state index contributed by atoms with van der Waals surface area (Å²) in [7, 11) is 3.82. The largest absolute Gasteiger partial charge is 0.514 e. The van der Waals surface area contributed by atoms with E-state index < -0.39 is 11.8 Å². The maximum absolute atomic E-state index is 12.1. The zero-order valence-corrected chi connectivity index (χ0v) is 23.5. The zero-order valence-electron chi connectivity index (χ0n) is 23.5. The smallest absolute Gasteiger partial charge is 0.493 e. The summed E-state index contributed by atoms with van der Waals surface area (Å²) in [5.41, 5.74) is 2.51. The lowest BCUT2D eigenvalue weighted by Gasteiger charge is -2.29. The van der Waals surface area contributed by atoms with Crippen LogP contribution in [0.2, 0.25) is 0 Å². The fraction of sp³-hybridized carbons (Fsp3) is 0.433. The Hall–Kier alpha value is -3.85. The van der Waals surface area contributed by atoms with Gasteiger partial charge in [0.15, 0.2) is 17.1 Å². The number of hydrogen-bond donors (Lipinski definition) is 1. The van der Waals surface area contributed by atoms with Crippen LogP contribution in [-0.2, 0) is 4.74 Å². The monoisotopic (exact) mass is 532 g/mol. The summed E-state index contributed by atoms with van der Waals surface area (Å²) in [4.78, 5) is 19.3. The van der Waals surface area contributed by atoms with Crippen LogP contribution in [0.25, 0.3) is 33.1 Å². The van der Waals surface area contributed by atoms with Crippen LogP contribution in [-0.4, -0.2) is 65.7 Å². The van der Waals surface area contributed by atoms with Crippen molar-refractivity contribution in [3.05, 3.63) is 42.1 Å². The van der Waals surface area contributed by atoms with E-state index in [-0.39, 0.29) is 0 Å². The molecule has 0 atom stereocenters. The van der Waals surface area contributed by atoms with Crippen LogP contribution in [0, 0.1) is 12.8 Å². The molecule has 0 bridgehead atoms. The van der Waals surface area contributed by atoms with Crippen molar-refractivity contribution < 1.29 is 23.7 Å². The average Bonchev–Trinajstić information content (AvgIpc) is 3.27. The van der Waals surface area contributed by atoms with E-state index >= 15 is 0 Å². The quantitative estimate of drug-likeness (QED) is 0.234. The number of carbonyl (C=O) groups is 1. The summed E-state index contributed by atoms with van der Waals surface area (Å²) in [6.07, 6.45) is 1.50. The number of aromatic nitrogens is 3. The van der Waals surface area contributed by atoms with Crippen molar-refractivity contribution in [1.82, 2.24) is 20.1 Å². The van der Waals surface area contributed by atoms with E-state index in [0.29, 0.717) is 35.4 Å². The first kappa shape index (κ1) is 26.7. The minimum Gasteiger partial charge on any atom is -0.493 e. The highest BCUT2D eigenvalue weighted by atomic mass is 16.7. The number of nitrogens with one attached hydrogen (secondary N) is 1. The first-order valence-electron chi connectivity index (χ1n) is 13.3. The summed E-state index contributed by atoms with van der Waals surface area (Å²) in [6, 6.07) is 11.2. The Kier molecular flexibility index (Phi) is 7.36. The number of carbonyl (C=O) groups excluding carboxylic acids is 1. The van der Waals surface area contributed by atoms with Crippen LogP contribution in [0.5, 0.6) is 17.2 Å². The lowest BCUT2D eigenvalue weighted by molar-refractivity contribution is 0.0206. The molecule has 1 N–H and O–H groups in total. The first-order valence-corrected chi connectivity index (χ1v) is 13.3. The van der Waals surface area contributed by atoms with Gasteiger partial charge in [0.05, 0.1) is 19.4 Å². The van der Waals surface area contributed by atoms with Crippen molar-refractivity contribution in [2.24, 2.45) is 5.92 Å². The topological polar surface area (TPSA) is 98.8 Å². The summed E-state index contributed by atoms with van der Waals surface area (Å²) < 4.78 is 22.7. The number of ether oxygens (including phenoxy) is 4. The Bertz CT molecular complexity index is 1480. The molecule has 0 unspecified atom stereocenters. The summed E-state index contributed by atoms with van der Waals surface area (Å²) in [5.74, 6) is 2.27. The number of aryl methyl sites for hydroxylation is 1. The minimum absolute atomic E-state index is 0.385. The van der Waals surface area contributed by atoms with E-state index in [1.54, 1.807) is 40.0 Å². The molecule has 39 heavy (non-hydrogen) atoms. The Labute approximate surface area is 228 Å². The van der Waals surface area contributed by atoms with Gasteiger partial charge in [-0.15, -0.1) is 0 Å². The molecule has 0 spiro atoms. The van der Waals surface area contributed by atoms with E-state index in [2.05, 4.69) is 22.1 Å². The van der Waals surface area contributed by atoms with Gasteiger partial charge in [-0.05, 0) is 103 Å². The first-order chi connectivity index (χ1) is 18.6. The normalized spacial score (nSPS) is 15.0. The fourth-order valence-corrected chi connectivity index (χ4v) is 4.93. The summed E-state index contributed by atoms with van der Waals surface area (Å²) in [5, 5.41) is 10.4. The molecule has 1 saturated heterocycles. The van der Waals surface area contributed by atoms with Crippen LogP contribution in [0.15, 0.2) is 36.4 Å². The Balaban J connectivity index is 1.50. The van der Waals surface area contributed by atoms with E-state index in [4.69, 9.17) is 23.9 Å². The van der Waals surface area contributed by atoms with Gasteiger partial charge >= 0.3 is 6.16 Å². The Morgan fingerprint density at radius 3 is 2.44 bits per heavy atom. The maximum Gasteiger partial charge on any atom is 0.514 e. The number of piperidine rings is 1. The molecule has 9 nitrogen and oxygen atoms in total. The number of fused-ring (bicyclic) bond motifs is 3. The average molecular weight is 533 g/mol. The molecule has 0 radical (unpaired) electrons. The predicted molar refractivity (Wildman–Crippen MR) is 151 cm³/mol. The van der Waals surface area contributed by atoms with Crippen molar-refractivity contribution in [2.45, 2.75) is 46.1 Å². The maximum atomic E-state index is 12.1. The van der Waals surface area contributed by atoms with Gasteiger partial charge in [-0.1, -0.05) is 0 Å². The van der Waals surface area contributed by atoms with Crippen molar-refractivity contribution in [2.75, 3.05) is 33.9 Å². The second kappa shape index (κ2) is 10.7. The zero-order chi connectivity index (χ0) is 27.7. The standard InChI is InChI=1S/C30H36N4O5/c1-18-26-22-15-25(37-17-19-11-13-34(5)14-12-19)24(36-6)16-23(22)27(31-28(26)33-32-18)20-7-9-21(10-8-20)38-29(35)39-30(2,3)4/h7-10,15-16,19H,11-14,17H2,1-6H3,(H,31,32,33). The third-order valence-electron chi connectivity index (χ3n) is 7.01. The van der Waals surface area contributed by atoms with E-state index in [1.807, 2.05) is 31.2 Å². The van der Waals surface area contributed by atoms with Gasteiger partial charge in [0.25, 0.3) is 0 Å². The van der Waals surface area contributed by atoms with Crippen LogP contribution >= 0.6 is 0 Å². The van der Waals surface area contributed by atoms with Gasteiger partial charge in [-0.3, -0.25) is 5.10 Å². The fourth-order valence-electron chi connectivity index (χ4n) is 4.93. The molecule has 2 aromatic carbocycles. The van der Waals surface area contributed by atoms with Gasteiger partial charge in [0, 0.05) is 27.4 Å². The minimum atomic E-state index is -0.746. The molecular weight excluding hydrogens is 496 g/mol. The number of rotatable bonds is 6. The van der Waals surface area contributed by atoms with Gasteiger partial charge < -0.3 is 23.8 Å². The lowest BCUT2D eigenvalue weighted by atomic mass is 9.98. The predicted octanol–water partition coefficient (Wildman–Crippen LogP) is 6.13. The molecule has 1 fully saturated rings. The number of hydrogen-bond acceptors (Lipinski definition) is 8. The molecule has 1 aliphatic heterocycles. The molecule has 3 heterocycles. The van der Waals surface area contributed by atoms with E-state index in [0.717, 1.165) is 59.0 Å². The number of likely N-dealkylation sites (tertiary alicyclic amines) is 1. The molecular formula is C30H36N4O5. The molecule has 4 aromatic rings. The molecule has 0 aliphatic carbocycles. The summed E-state index contributed by atoms with van der Waals surface area (Å²) in [6.45, 7) is 10.2. The van der Waals surface area contributed by atoms with Crippen LogP contribution in [0.4, 0.5) is 4.79 Å². The van der Waals surface area contributed by atoms with Crippen molar-refractivity contribution >= 4 is 28.0 Å². The van der Waals surface area contributed by atoms with Gasteiger partial charge in [0.2, 0.25) is 0 Å². The summed E-state index contributed by atoms with van der Waals surface area (Å²) >= 11 is 0. The van der Waals surface area contributed by atoms with E-state index in [9.17, 15) is 4.79 Å². The third kappa shape index (κ3) is 5.93. The second-order valence-corrected chi connectivity index (χ2v) is 11.2. The van der Waals surface area contributed by atoms with Crippen LogP contribution in [0.3, 0.4) is 0 Å². The number of aromatic amines is 1. The molecule has 2 aromatic heterocycles. The number of pyridine rings is 1. The Morgan fingerprint density at radius 1 is 1.08 bits per heavy atom. The molecule has 5 rings (SSSR count). The van der Waals surface area contributed by atoms with Gasteiger partial charge in [0.1, 0.15) is 11.4 Å². The Morgan fingerprint density at radius 2 is 1.77 bits per heavy atom. The van der Waals surface area contributed by atoms with Crippen LogP contribution < -0.4 is 14.2 Å². The highest BCUT2D eigenvalue weighted by Crippen LogP contribution is 2.40. The molecule has 9 heteroatoms. The van der Waals surface area contributed by atoms with Crippen molar-refractivity contribution in [3.63, 3.8) is 0 Å². The van der Waals surface area contributed by atoms with E-state index in [1.165, 1.54) is 0 Å². The number of methoxy groups -OCH3 is 1. The lowest BCUT2D eigenvalue weighted by Crippen LogP contribution is -2.32. The highest BCUT2D eigenvalue weighted by molar-refractivity contribution is 6.12. The van der Waals surface area contributed by atoms with Crippen molar-refractivity contribution in [3.8, 4) is 28.5 Å². The third-order valence-corrected chi connectivity index (χ3v) is 7.01. The molecule has 1 aliphatic rings. The SMILES string of the molecule is COc1cc2c(-c3ccc(OC(=O)OC(C)(C)C)cc3)nc3n[nH]c(C)c3c2cc1OCC1CCN(C)CC1. The van der Waals surface area contributed by atoms with Crippen molar-refractivity contribution in [1.29, 1.82) is 0 Å².